The first-order valence-corrected chi connectivity index (χ1v) is 16.8. The first kappa shape index (κ1) is 32.3. The van der Waals surface area contributed by atoms with Gasteiger partial charge >= 0.3 is 5.97 Å². The van der Waals surface area contributed by atoms with Gasteiger partial charge in [0.2, 0.25) is 0 Å². The molecule has 0 radical (unpaired) electrons. The van der Waals surface area contributed by atoms with Crippen LogP contribution in [-0.4, -0.2) is 30.9 Å². The van der Waals surface area contributed by atoms with Crippen molar-refractivity contribution in [3.8, 4) is 17.2 Å². The number of methoxy groups -OCH3 is 1. The normalized spacial score (nSPS) is 14.5. The SMILES string of the molecule is CCOC(=O)C1=C(C)N=c2s/c(=C/c3ccc(OCc4cccc5ccccc45)c(Br)c3)c(=O)n2[C@@H]1c1cccc(OC)c1OCC. The molecule has 5 aromatic rings. The summed E-state index contributed by atoms with van der Waals surface area (Å²) in [7, 11) is 1.55. The molecule has 0 bridgehead atoms. The number of ether oxygens (including phenoxy) is 4. The molecule has 240 valence electrons. The van der Waals surface area contributed by atoms with Crippen molar-refractivity contribution in [3.05, 3.63) is 131 Å². The van der Waals surface area contributed by atoms with E-state index in [0.29, 0.717) is 51.1 Å². The number of hydrogen-bond acceptors (Lipinski definition) is 8. The van der Waals surface area contributed by atoms with E-state index < -0.39 is 12.0 Å². The topological polar surface area (TPSA) is 88.4 Å². The lowest BCUT2D eigenvalue weighted by molar-refractivity contribution is -0.139. The summed E-state index contributed by atoms with van der Waals surface area (Å²) in [6.07, 6.45) is 1.82. The lowest BCUT2D eigenvalue weighted by Gasteiger charge is -2.26. The highest BCUT2D eigenvalue weighted by Gasteiger charge is 2.36. The quantitative estimate of drug-likeness (QED) is 0.150. The van der Waals surface area contributed by atoms with Crippen LogP contribution in [0.1, 0.15) is 43.5 Å². The number of rotatable bonds is 10. The Kier molecular flexibility index (Phi) is 9.60. The molecule has 6 rings (SSSR count). The van der Waals surface area contributed by atoms with Crippen LogP contribution in [0.15, 0.2) is 104 Å². The Hall–Kier alpha value is -4.67. The standard InChI is InChI=1S/C37H33BrN2O6S/c1-5-44-34-27(15-10-16-30(34)43-4)33-32(36(42)45-6-2)22(3)39-37-40(33)35(41)31(47-37)20-23-17-18-29(28(38)19-23)46-21-25-13-9-12-24-11-7-8-14-26(24)25/h7-20,33H,5-6,21H2,1-4H3/b31-20+/t33-/m1/s1. The van der Waals surface area contributed by atoms with Crippen molar-refractivity contribution in [2.75, 3.05) is 20.3 Å². The van der Waals surface area contributed by atoms with Crippen molar-refractivity contribution >= 4 is 50.1 Å². The highest BCUT2D eigenvalue weighted by atomic mass is 79.9. The number of carbonyl (C=O) groups excluding carboxylic acids is 1. The minimum atomic E-state index is -0.833. The zero-order chi connectivity index (χ0) is 33.1. The van der Waals surface area contributed by atoms with Gasteiger partial charge in [-0.05, 0) is 82.9 Å². The van der Waals surface area contributed by atoms with E-state index in [1.165, 1.54) is 11.3 Å². The molecule has 1 aromatic heterocycles. The third-order valence-electron chi connectivity index (χ3n) is 7.85. The van der Waals surface area contributed by atoms with Gasteiger partial charge in [-0.1, -0.05) is 72.0 Å². The van der Waals surface area contributed by atoms with E-state index in [4.69, 9.17) is 23.9 Å². The predicted molar refractivity (Wildman–Crippen MR) is 187 cm³/mol. The number of allylic oxidation sites excluding steroid dienone is 1. The largest absolute Gasteiger partial charge is 0.493 e. The fourth-order valence-corrected chi connectivity index (χ4v) is 7.30. The molecule has 0 unspecified atom stereocenters. The molecule has 8 nitrogen and oxygen atoms in total. The van der Waals surface area contributed by atoms with Crippen LogP contribution in [0.25, 0.3) is 16.8 Å². The first-order chi connectivity index (χ1) is 22.8. The number of thiazole rings is 1. The molecule has 0 amide bonds. The molecule has 0 saturated heterocycles. The van der Waals surface area contributed by atoms with E-state index in [1.54, 1.807) is 31.6 Å². The average Bonchev–Trinajstić information content (AvgIpc) is 3.37. The lowest BCUT2D eigenvalue weighted by Crippen LogP contribution is -2.40. The minimum Gasteiger partial charge on any atom is -0.493 e. The second-order valence-electron chi connectivity index (χ2n) is 10.7. The van der Waals surface area contributed by atoms with Gasteiger partial charge in [-0.25, -0.2) is 9.79 Å². The summed E-state index contributed by atoms with van der Waals surface area (Å²) in [4.78, 5) is 32.7. The van der Waals surface area contributed by atoms with Gasteiger partial charge in [-0.15, -0.1) is 0 Å². The molecule has 1 aliphatic heterocycles. The molecule has 0 spiro atoms. The maximum atomic E-state index is 14.2. The zero-order valence-electron chi connectivity index (χ0n) is 26.4. The first-order valence-electron chi connectivity index (χ1n) is 15.2. The van der Waals surface area contributed by atoms with Gasteiger partial charge < -0.3 is 18.9 Å². The molecule has 47 heavy (non-hydrogen) atoms. The maximum absolute atomic E-state index is 14.2. The Bertz CT molecular complexity index is 2200. The number of nitrogens with zero attached hydrogens (tertiary/aromatic N) is 2. The zero-order valence-corrected chi connectivity index (χ0v) is 28.8. The molecule has 0 saturated carbocycles. The number of esters is 1. The molecule has 0 N–H and O–H groups in total. The van der Waals surface area contributed by atoms with Crippen molar-refractivity contribution in [1.29, 1.82) is 0 Å². The molecular weight excluding hydrogens is 680 g/mol. The molecule has 0 aliphatic carbocycles. The van der Waals surface area contributed by atoms with Crippen LogP contribution in [0.5, 0.6) is 17.2 Å². The molecule has 4 aromatic carbocycles. The van der Waals surface area contributed by atoms with Crippen LogP contribution in [-0.2, 0) is 16.1 Å². The van der Waals surface area contributed by atoms with Gasteiger partial charge in [0.1, 0.15) is 18.4 Å². The van der Waals surface area contributed by atoms with Gasteiger partial charge in [-0.3, -0.25) is 9.36 Å². The van der Waals surface area contributed by atoms with Gasteiger partial charge in [0, 0.05) is 5.56 Å². The molecule has 0 fully saturated rings. The lowest BCUT2D eigenvalue weighted by atomic mass is 9.94. The van der Waals surface area contributed by atoms with Crippen molar-refractivity contribution in [3.63, 3.8) is 0 Å². The van der Waals surface area contributed by atoms with E-state index >= 15 is 0 Å². The third kappa shape index (κ3) is 6.35. The number of fused-ring (bicyclic) bond motifs is 2. The Morgan fingerprint density at radius 1 is 0.979 bits per heavy atom. The van der Waals surface area contributed by atoms with Gasteiger partial charge in [0.05, 0.1) is 40.6 Å². The maximum Gasteiger partial charge on any atom is 0.338 e. The van der Waals surface area contributed by atoms with E-state index in [1.807, 2.05) is 61.5 Å². The highest BCUT2D eigenvalue weighted by molar-refractivity contribution is 9.10. The van der Waals surface area contributed by atoms with Gasteiger partial charge in [-0.2, -0.15) is 0 Å². The Labute approximate surface area is 284 Å². The van der Waals surface area contributed by atoms with E-state index in [2.05, 4.69) is 40.2 Å². The third-order valence-corrected chi connectivity index (χ3v) is 9.45. The second-order valence-corrected chi connectivity index (χ2v) is 12.6. The van der Waals surface area contributed by atoms with Crippen molar-refractivity contribution in [1.82, 2.24) is 4.57 Å². The van der Waals surface area contributed by atoms with Crippen molar-refractivity contribution in [2.24, 2.45) is 4.99 Å². The predicted octanol–water partition coefficient (Wildman–Crippen LogP) is 6.70. The number of aromatic nitrogens is 1. The smallest absolute Gasteiger partial charge is 0.338 e. The number of benzene rings is 4. The fraction of sp³-hybridized carbons (Fsp3) is 0.216. The number of hydrogen-bond donors (Lipinski definition) is 0. The van der Waals surface area contributed by atoms with E-state index in [0.717, 1.165) is 26.4 Å². The van der Waals surface area contributed by atoms with E-state index in [-0.39, 0.29) is 17.7 Å². The summed E-state index contributed by atoms with van der Waals surface area (Å²) in [5, 5.41) is 2.32. The van der Waals surface area contributed by atoms with Crippen LogP contribution in [0.4, 0.5) is 0 Å². The van der Waals surface area contributed by atoms with Gasteiger partial charge in [0.25, 0.3) is 5.56 Å². The minimum absolute atomic E-state index is 0.180. The van der Waals surface area contributed by atoms with Crippen molar-refractivity contribution in [2.45, 2.75) is 33.4 Å². The highest BCUT2D eigenvalue weighted by Crippen LogP contribution is 2.41. The van der Waals surface area contributed by atoms with Crippen LogP contribution < -0.4 is 29.1 Å². The fourth-order valence-electron chi connectivity index (χ4n) is 5.74. The van der Waals surface area contributed by atoms with Crippen LogP contribution >= 0.6 is 27.3 Å². The Balaban J connectivity index is 1.39. The second kappa shape index (κ2) is 14.0. The summed E-state index contributed by atoms with van der Waals surface area (Å²) in [6, 6.07) is 24.7. The molecule has 10 heteroatoms. The molecule has 2 heterocycles. The summed E-state index contributed by atoms with van der Waals surface area (Å²) < 4.78 is 26.0. The van der Waals surface area contributed by atoms with Crippen LogP contribution in [0, 0.1) is 0 Å². The summed E-state index contributed by atoms with van der Waals surface area (Å²) in [5.41, 5.74) is 2.96. The molecule has 1 atom stereocenters. The van der Waals surface area contributed by atoms with Crippen LogP contribution in [0.3, 0.4) is 0 Å². The number of para-hydroxylation sites is 1. The molecule has 1 aliphatic rings. The van der Waals surface area contributed by atoms with Crippen LogP contribution in [0.2, 0.25) is 0 Å². The average molecular weight is 714 g/mol. The van der Waals surface area contributed by atoms with Gasteiger partial charge in [0.15, 0.2) is 16.3 Å². The Morgan fingerprint density at radius 3 is 2.53 bits per heavy atom. The van der Waals surface area contributed by atoms with E-state index in [9.17, 15) is 9.59 Å². The summed E-state index contributed by atoms with van der Waals surface area (Å²) in [6.45, 7) is 6.32. The monoisotopic (exact) mass is 712 g/mol. The molecular formula is C37H33BrN2O6S. The summed E-state index contributed by atoms with van der Waals surface area (Å²) >= 11 is 4.91. The summed E-state index contributed by atoms with van der Waals surface area (Å²) in [5.74, 6) is 1.10. The number of halogens is 1. The number of carbonyl (C=O) groups is 1. The Morgan fingerprint density at radius 2 is 1.77 bits per heavy atom. The van der Waals surface area contributed by atoms with Crippen molar-refractivity contribution < 1.29 is 23.7 Å².